The van der Waals surface area contributed by atoms with E-state index in [0.717, 1.165) is 25.9 Å². The highest BCUT2D eigenvalue weighted by Gasteiger charge is 2.21. The minimum atomic E-state index is -0.177. The van der Waals surface area contributed by atoms with Gasteiger partial charge in [0.2, 0.25) is 0 Å². The van der Waals surface area contributed by atoms with Crippen LogP contribution in [0.4, 0.5) is 5.82 Å². The van der Waals surface area contributed by atoms with E-state index in [1.54, 1.807) is 12.1 Å². The molecule has 2 aromatic rings. The molecule has 0 bridgehead atoms. The summed E-state index contributed by atoms with van der Waals surface area (Å²) in [6.07, 6.45) is 4.81. The van der Waals surface area contributed by atoms with Crippen LogP contribution >= 0.6 is 0 Å². The Bertz CT molecular complexity index is 672. The number of nitrogens with zero attached hydrogens (tertiary/aromatic N) is 2. The molecule has 0 saturated carbocycles. The van der Waals surface area contributed by atoms with Crippen molar-refractivity contribution in [2.45, 2.75) is 12.8 Å². The van der Waals surface area contributed by atoms with Crippen molar-refractivity contribution in [3.05, 3.63) is 46.9 Å². The zero-order valence-electron chi connectivity index (χ0n) is 12.1. The van der Waals surface area contributed by atoms with Gasteiger partial charge in [0.1, 0.15) is 5.82 Å². The van der Waals surface area contributed by atoms with Crippen molar-refractivity contribution in [2.24, 2.45) is 5.92 Å². The number of nitrogens with one attached hydrogen (secondary N) is 2. The molecule has 0 aliphatic carbocycles. The van der Waals surface area contributed by atoms with Crippen molar-refractivity contribution in [1.82, 2.24) is 15.3 Å². The van der Waals surface area contributed by atoms with Gasteiger partial charge in [0, 0.05) is 25.7 Å². The Morgan fingerprint density at radius 1 is 1.45 bits per heavy atom. The predicted octanol–water partition coefficient (Wildman–Crippen LogP) is 1.01. The quantitative estimate of drug-likeness (QED) is 0.879. The van der Waals surface area contributed by atoms with Gasteiger partial charge in [-0.1, -0.05) is 0 Å². The van der Waals surface area contributed by atoms with Crippen LogP contribution < -0.4 is 15.8 Å². The standard InChI is InChI=1S/C15H18N4O3/c20-14-8-13(17-10-18-14)19-5-3-11(4-6-19)9-16-15(21)12-2-1-7-22-12/h1-2,7-8,10-11H,3-6,9H2,(H,16,21)(H,17,18,20). The molecule has 0 atom stereocenters. The van der Waals surface area contributed by atoms with Crippen LogP contribution in [0.25, 0.3) is 0 Å². The second kappa shape index (κ2) is 6.46. The minimum absolute atomic E-state index is 0.141. The summed E-state index contributed by atoms with van der Waals surface area (Å²) in [5, 5.41) is 2.90. The molecule has 7 heteroatoms. The second-order valence-corrected chi connectivity index (χ2v) is 5.39. The molecular weight excluding hydrogens is 284 g/mol. The van der Waals surface area contributed by atoms with E-state index in [-0.39, 0.29) is 11.5 Å². The van der Waals surface area contributed by atoms with Gasteiger partial charge in [-0.2, -0.15) is 0 Å². The van der Waals surface area contributed by atoms with Crippen LogP contribution in [0, 0.1) is 5.92 Å². The normalized spacial score (nSPS) is 15.7. The molecule has 2 N–H and O–H groups in total. The van der Waals surface area contributed by atoms with Gasteiger partial charge in [0.05, 0.1) is 12.6 Å². The zero-order valence-corrected chi connectivity index (χ0v) is 12.1. The molecule has 0 radical (unpaired) electrons. The van der Waals surface area contributed by atoms with E-state index in [4.69, 9.17) is 4.42 Å². The van der Waals surface area contributed by atoms with Crippen LogP contribution in [-0.2, 0) is 0 Å². The number of anilines is 1. The second-order valence-electron chi connectivity index (χ2n) is 5.39. The molecule has 1 amide bonds. The van der Waals surface area contributed by atoms with Crippen molar-refractivity contribution in [2.75, 3.05) is 24.5 Å². The van der Waals surface area contributed by atoms with Crippen LogP contribution in [0.15, 0.2) is 40.0 Å². The number of hydrogen-bond acceptors (Lipinski definition) is 5. The Kier molecular flexibility index (Phi) is 4.22. The van der Waals surface area contributed by atoms with Crippen LogP contribution in [-0.4, -0.2) is 35.5 Å². The van der Waals surface area contributed by atoms with E-state index in [2.05, 4.69) is 20.2 Å². The van der Waals surface area contributed by atoms with Crippen LogP contribution in [0.3, 0.4) is 0 Å². The van der Waals surface area contributed by atoms with Gasteiger partial charge in [-0.05, 0) is 30.9 Å². The van der Waals surface area contributed by atoms with Crippen LogP contribution in [0.1, 0.15) is 23.4 Å². The van der Waals surface area contributed by atoms with E-state index >= 15 is 0 Å². The summed E-state index contributed by atoms with van der Waals surface area (Å²) in [6, 6.07) is 4.86. The molecule has 1 fully saturated rings. The number of piperidine rings is 1. The molecule has 116 valence electrons. The first-order chi connectivity index (χ1) is 10.7. The van der Waals surface area contributed by atoms with E-state index in [1.807, 2.05) is 0 Å². The fraction of sp³-hybridized carbons (Fsp3) is 0.400. The number of amides is 1. The van der Waals surface area contributed by atoms with Crippen LogP contribution in [0.5, 0.6) is 0 Å². The number of H-pyrrole nitrogens is 1. The summed E-state index contributed by atoms with van der Waals surface area (Å²) in [5.41, 5.74) is -0.141. The summed E-state index contributed by atoms with van der Waals surface area (Å²) in [7, 11) is 0. The van der Waals surface area contributed by atoms with Gasteiger partial charge >= 0.3 is 0 Å². The van der Waals surface area contributed by atoms with Crippen molar-refractivity contribution in [1.29, 1.82) is 0 Å². The fourth-order valence-electron chi connectivity index (χ4n) is 2.63. The van der Waals surface area contributed by atoms with E-state index in [0.29, 0.717) is 24.0 Å². The molecular formula is C15H18N4O3. The Morgan fingerprint density at radius 2 is 2.27 bits per heavy atom. The molecule has 0 unspecified atom stereocenters. The number of hydrogen-bond donors (Lipinski definition) is 2. The maximum Gasteiger partial charge on any atom is 0.286 e. The number of carbonyl (C=O) groups excluding carboxylic acids is 1. The van der Waals surface area contributed by atoms with Gasteiger partial charge in [0.25, 0.3) is 11.5 Å². The van der Waals surface area contributed by atoms with Gasteiger partial charge in [-0.25, -0.2) is 4.98 Å². The highest BCUT2D eigenvalue weighted by atomic mass is 16.3. The molecule has 0 aromatic carbocycles. The van der Waals surface area contributed by atoms with Crippen molar-refractivity contribution in [3.8, 4) is 0 Å². The number of aromatic nitrogens is 2. The molecule has 2 aromatic heterocycles. The zero-order chi connectivity index (χ0) is 15.4. The lowest BCUT2D eigenvalue weighted by molar-refractivity contribution is 0.0917. The molecule has 1 aliphatic rings. The van der Waals surface area contributed by atoms with Crippen molar-refractivity contribution in [3.63, 3.8) is 0 Å². The average Bonchev–Trinajstić information content (AvgIpc) is 3.08. The molecule has 0 spiro atoms. The highest BCUT2D eigenvalue weighted by molar-refractivity contribution is 5.91. The monoisotopic (exact) mass is 302 g/mol. The van der Waals surface area contributed by atoms with E-state index in [9.17, 15) is 9.59 Å². The van der Waals surface area contributed by atoms with Gasteiger partial charge in [-0.3, -0.25) is 9.59 Å². The predicted molar refractivity (Wildman–Crippen MR) is 80.8 cm³/mol. The molecule has 7 nitrogen and oxygen atoms in total. The smallest absolute Gasteiger partial charge is 0.286 e. The lowest BCUT2D eigenvalue weighted by Crippen LogP contribution is -2.39. The third kappa shape index (κ3) is 3.36. The first-order valence-electron chi connectivity index (χ1n) is 7.34. The van der Waals surface area contributed by atoms with Crippen LogP contribution in [0.2, 0.25) is 0 Å². The largest absolute Gasteiger partial charge is 0.459 e. The molecule has 22 heavy (non-hydrogen) atoms. The maximum absolute atomic E-state index is 11.8. The Hall–Kier alpha value is -2.57. The molecule has 1 aliphatic heterocycles. The third-order valence-corrected chi connectivity index (χ3v) is 3.90. The third-order valence-electron chi connectivity index (χ3n) is 3.90. The Balaban J connectivity index is 1.48. The lowest BCUT2D eigenvalue weighted by atomic mass is 9.97. The first kappa shape index (κ1) is 14.4. The maximum atomic E-state index is 11.8. The summed E-state index contributed by atoms with van der Waals surface area (Å²) in [6.45, 7) is 2.30. The summed E-state index contributed by atoms with van der Waals surface area (Å²) in [4.78, 5) is 31.9. The van der Waals surface area contributed by atoms with Gasteiger partial charge in [-0.15, -0.1) is 0 Å². The van der Waals surface area contributed by atoms with E-state index < -0.39 is 0 Å². The number of carbonyl (C=O) groups is 1. The molecule has 3 heterocycles. The SMILES string of the molecule is O=C(NCC1CCN(c2cc(=O)[nH]cn2)CC1)c1ccco1. The first-order valence-corrected chi connectivity index (χ1v) is 7.34. The van der Waals surface area contributed by atoms with Crippen molar-refractivity contribution < 1.29 is 9.21 Å². The van der Waals surface area contributed by atoms with Gasteiger partial charge < -0.3 is 19.6 Å². The fourth-order valence-corrected chi connectivity index (χ4v) is 2.63. The van der Waals surface area contributed by atoms with E-state index in [1.165, 1.54) is 18.7 Å². The number of rotatable bonds is 4. The Labute approximate surface area is 127 Å². The van der Waals surface area contributed by atoms with Crippen molar-refractivity contribution >= 4 is 11.7 Å². The molecule has 3 rings (SSSR count). The molecule has 1 saturated heterocycles. The lowest BCUT2D eigenvalue weighted by Gasteiger charge is -2.32. The summed E-state index contributed by atoms with van der Waals surface area (Å²) < 4.78 is 5.06. The van der Waals surface area contributed by atoms with Gasteiger partial charge in [0.15, 0.2) is 5.76 Å². The Morgan fingerprint density at radius 3 is 2.95 bits per heavy atom. The summed E-state index contributed by atoms with van der Waals surface area (Å²) in [5.74, 6) is 1.30. The number of aromatic amines is 1. The minimum Gasteiger partial charge on any atom is -0.459 e. The highest BCUT2D eigenvalue weighted by Crippen LogP contribution is 2.20. The average molecular weight is 302 g/mol. The topological polar surface area (TPSA) is 91.2 Å². The summed E-state index contributed by atoms with van der Waals surface area (Å²) >= 11 is 0. The number of furan rings is 1.